The number of hydrogen-bond donors (Lipinski definition) is 1. The number of ether oxygens (including phenoxy) is 1. The van der Waals surface area contributed by atoms with Crippen molar-refractivity contribution in [3.8, 4) is 5.88 Å². The third-order valence-corrected chi connectivity index (χ3v) is 7.14. The number of aromatic nitrogens is 1. The Morgan fingerprint density at radius 1 is 1.35 bits per heavy atom. The van der Waals surface area contributed by atoms with Crippen molar-refractivity contribution in [2.24, 2.45) is 5.92 Å². The molecular weight excluding hydrogens is 354 g/mol. The van der Waals surface area contributed by atoms with E-state index in [1.807, 2.05) is 4.90 Å². The van der Waals surface area contributed by atoms with Crippen LogP contribution in [0.15, 0.2) is 23.2 Å². The van der Waals surface area contributed by atoms with E-state index in [1.165, 1.54) is 18.7 Å². The highest BCUT2D eigenvalue weighted by molar-refractivity contribution is 7.95. The summed E-state index contributed by atoms with van der Waals surface area (Å²) in [4.78, 5) is 19.0. The highest BCUT2D eigenvalue weighted by Crippen LogP contribution is 2.35. The molecule has 1 saturated heterocycles. The van der Waals surface area contributed by atoms with Gasteiger partial charge in [0.15, 0.2) is 10.4 Å². The van der Waals surface area contributed by atoms with E-state index < -0.39 is 16.0 Å². The number of sulfonamides is 1. The number of amides is 1. The number of hydrogen-bond acceptors (Lipinski definition) is 5. The van der Waals surface area contributed by atoms with Crippen LogP contribution in [0.2, 0.25) is 0 Å². The Morgan fingerprint density at radius 3 is 2.96 bits per heavy atom. The van der Waals surface area contributed by atoms with Gasteiger partial charge in [-0.15, -0.1) is 4.72 Å². The molecule has 1 aromatic rings. The van der Waals surface area contributed by atoms with Crippen LogP contribution in [0.25, 0.3) is 0 Å². The molecule has 8 heteroatoms. The molecular formula is C18H25N3O4S. The summed E-state index contributed by atoms with van der Waals surface area (Å²) in [6.45, 7) is 1.27. The van der Waals surface area contributed by atoms with Crippen molar-refractivity contribution in [1.29, 1.82) is 0 Å². The smallest absolute Gasteiger partial charge is 0.272 e. The van der Waals surface area contributed by atoms with Gasteiger partial charge in [-0.3, -0.25) is 4.79 Å². The average Bonchev–Trinajstić information content (AvgIpc) is 2.77. The molecule has 26 heavy (non-hydrogen) atoms. The van der Waals surface area contributed by atoms with Crippen molar-refractivity contribution in [2.75, 3.05) is 19.6 Å². The summed E-state index contributed by atoms with van der Waals surface area (Å²) in [6, 6.07) is 3.08. The number of nitrogens with zero attached hydrogens (tertiary/aromatic N) is 2. The minimum atomic E-state index is -3.65. The minimum absolute atomic E-state index is 0.0626. The number of fused-ring (bicyclic) bond motifs is 1. The molecule has 2 unspecified atom stereocenters. The summed E-state index contributed by atoms with van der Waals surface area (Å²) in [5, 5.41) is 0. The van der Waals surface area contributed by atoms with Gasteiger partial charge >= 0.3 is 0 Å². The normalized spacial score (nSPS) is 32.6. The monoisotopic (exact) mass is 379 g/mol. The molecule has 4 rings (SSSR count). The van der Waals surface area contributed by atoms with E-state index in [1.54, 1.807) is 6.07 Å². The van der Waals surface area contributed by atoms with Crippen molar-refractivity contribution < 1.29 is 18.3 Å². The van der Waals surface area contributed by atoms with Crippen molar-refractivity contribution >= 4 is 16.3 Å². The molecule has 142 valence electrons. The lowest BCUT2D eigenvalue weighted by molar-refractivity contribution is -0.142. The Bertz CT molecular complexity index is 737. The van der Waals surface area contributed by atoms with Gasteiger partial charge in [0.05, 0.1) is 13.1 Å². The third-order valence-electron chi connectivity index (χ3n) is 5.73. The molecule has 1 aliphatic carbocycles. The van der Waals surface area contributed by atoms with Crippen LogP contribution in [-0.2, 0) is 19.4 Å². The Morgan fingerprint density at radius 2 is 2.15 bits per heavy atom. The second kappa shape index (κ2) is 6.90. The second-order valence-electron chi connectivity index (χ2n) is 7.61. The number of nitrogens with one attached hydrogen (secondary N) is 1. The van der Waals surface area contributed by atoms with Crippen LogP contribution < -0.4 is 9.46 Å². The predicted octanol–water partition coefficient (Wildman–Crippen LogP) is 1.91. The molecule has 7 nitrogen and oxygen atoms in total. The Labute approximate surface area is 154 Å². The maximum atomic E-state index is 13.0. The van der Waals surface area contributed by atoms with Crippen molar-refractivity contribution in [3.05, 3.63) is 18.3 Å². The SMILES string of the molecule is O=C(C1CCCCC1)N1CCCC2(CN[S+](=O)([O-])c3cccnc3O2)C1. The summed E-state index contributed by atoms with van der Waals surface area (Å²) < 4.78 is 33.7. The first-order chi connectivity index (χ1) is 12.5. The van der Waals surface area contributed by atoms with Crippen LogP contribution >= 0.6 is 0 Å². The summed E-state index contributed by atoms with van der Waals surface area (Å²) in [6.07, 6.45) is 8.37. The van der Waals surface area contributed by atoms with E-state index in [-0.39, 0.29) is 29.1 Å². The number of piperidine rings is 1. The van der Waals surface area contributed by atoms with Crippen LogP contribution in [0.3, 0.4) is 0 Å². The van der Waals surface area contributed by atoms with Crippen molar-refractivity contribution in [2.45, 2.75) is 55.4 Å². The third kappa shape index (κ3) is 3.37. The molecule has 3 aliphatic rings. The molecule has 1 N–H and O–H groups in total. The lowest BCUT2D eigenvalue weighted by atomic mass is 9.86. The predicted molar refractivity (Wildman–Crippen MR) is 95.1 cm³/mol. The fourth-order valence-corrected chi connectivity index (χ4v) is 5.51. The molecule has 0 aromatic carbocycles. The molecule has 1 spiro atoms. The number of carbonyl (C=O) groups excluding carboxylic acids is 1. The molecule has 1 saturated carbocycles. The molecule has 2 aliphatic heterocycles. The van der Waals surface area contributed by atoms with Crippen LogP contribution in [0.4, 0.5) is 0 Å². The van der Waals surface area contributed by atoms with Gasteiger partial charge in [0.2, 0.25) is 10.8 Å². The maximum Gasteiger partial charge on any atom is 0.272 e. The molecule has 0 bridgehead atoms. The van der Waals surface area contributed by atoms with Crippen LogP contribution in [0.1, 0.15) is 44.9 Å². The van der Waals surface area contributed by atoms with Gasteiger partial charge < -0.3 is 14.2 Å². The van der Waals surface area contributed by atoms with Crippen molar-refractivity contribution in [3.63, 3.8) is 0 Å². The minimum Gasteiger partial charge on any atom is -0.593 e. The van der Waals surface area contributed by atoms with Gasteiger partial charge in [0.25, 0.3) is 5.88 Å². The number of rotatable bonds is 1. The van der Waals surface area contributed by atoms with Crippen molar-refractivity contribution in [1.82, 2.24) is 14.6 Å². The Hall–Kier alpha value is -1.51. The first kappa shape index (κ1) is 17.9. The Balaban J connectivity index is 1.56. The number of pyridine rings is 1. The zero-order chi connectivity index (χ0) is 18.2. The van der Waals surface area contributed by atoms with E-state index >= 15 is 0 Å². The zero-order valence-corrected chi connectivity index (χ0v) is 15.6. The summed E-state index contributed by atoms with van der Waals surface area (Å²) in [5.41, 5.74) is -0.755. The van der Waals surface area contributed by atoms with Gasteiger partial charge in [-0.05, 0) is 31.7 Å². The standard InChI is InChI=1S/C18H25N3O4S/c22-17(14-6-2-1-3-7-14)21-11-5-9-18(13-21)12-20-26(23,24)15-8-4-10-19-16(15)25-18/h4,8,10,14H,1-3,5-7,9,11-13H2,(H-,20,23,24). The summed E-state index contributed by atoms with van der Waals surface area (Å²) in [5.74, 6) is 0.428. The summed E-state index contributed by atoms with van der Waals surface area (Å²) >= 11 is 0. The van der Waals surface area contributed by atoms with Crippen LogP contribution in [0.5, 0.6) is 5.88 Å². The van der Waals surface area contributed by atoms with Gasteiger partial charge in [0.1, 0.15) is 5.60 Å². The Kier molecular flexibility index (Phi) is 4.75. The first-order valence-electron chi connectivity index (χ1n) is 9.42. The average molecular weight is 379 g/mol. The fourth-order valence-electron chi connectivity index (χ4n) is 4.32. The molecule has 3 heterocycles. The van der Waals surface area contributed by atoms with Gasteiger partial charge in [-0.1, -0.05) is 23.5 Å². The largest absolute Gasteiger partial charge is 0.593 e. The molecule has 2 fully saturated rings. The van der Waals surface area contributed by atoms with Gasteiger partial charge in [0, 0.05) is 24.7 Å². The molecule has 1 aromatic heterocycles. The number of carbonyl (C=O) groups is 1. The van der Waals surface area contributed by atoms with E-state index in [0.29, 0.717) is 19.5 Å². The van der Waals surface area contributed by atoms with E-state index in [0.717, 1.165) is 32.1 Å². The van der Waals surface area contributed by atoms with E-state index in [2.05, 4.69) is 9.71 Å². The zero-order valence-electron chi connectivity index (χ0n) is 14.8. The maximum absolute atomic E-state index is 13.0. The number of likely N-dealkylation sites (tertiary alicyclic amines) is 1. The highest BCUT2D eigenvalue weighted by atomic mass is 32.3. The van der Waals surface area contributed by atoms with E-state index in [4.69, 9.17) is 4.74 Å². The van der Waals surface area contributed by atoms with Gasteiger partial charge in [-0.2, -0.15) is 0 Å². The van der Waals surface area contributed by atoms with Crippen LogP contribution in [0, 0.1) is 5.92 Å². The topological polar surface area (TPSA) is 94.6 Å². The molecule has 0 radical (unpaired) electrons. The van der Waals surface area contributed by atoms with E-state index in [9.17, 15) is 13.6 Å². The first-order valence-corrected chi connectivity index (χ1v) is 10.9. The highest BCUT2D eigenvalue weighted by Gasteiger charge is 2.46. The lowest BCUT2D eigenvalue weighted by Gasteiger charge is -2.42. The van der Waals surface area contributed by atoms with Crippen LogP contribution in [-0.4, -0.2) is 45.6 Å². The van der Waals surface area contributed by atoms with Gasteiger partial charge in [-0.25, -0.2) is 4.98 Å². The summed E-state index contributed by atoms with van der Waals surface area (Å²) in [7, 11) is -3.65. The quantitative estimate of drug-likeness (QED) is 0.752. The molecule has 2 atom stereocenters. The molecule has 1 amide bonds. The lowest BCUT2D eigenvalue weighted by Crippen LogP contribution is -2.59. The fraction of sp³-hybridized carbons (Fsp3) is 0.667. The second-order valence-corrected chi connectivity index (χ2v) is 9.35.